The fourth-order valence-corrected chi connectivity index (χ4v) is 2.02. The van der Waals surface area contributed by atoms with Crippen molar-refractivity contribution in [1.29, 1.82) is 0 Å². The maximum Gasteiger partial charge on any atom is 0.306 e. The summed E-state index contributed by atoms with van der Waals surface area (Å²) in [4.78, 5) is 11.2. The van der Waals surface area contributed by atoms with E-state index in [9.17, 15) is 4.79 Å². The van der Waals surface area contributed by atoms with E-state index in [0.29, 0.717) is 18.9 Å². The van der Waals surface area contributed by atoms with Gasteiger partial charge < -0.3 is 4.74 Å². The second kappa shape index (κ2) is 10.0. The maximum atomic E-state index is 11.2. The van der Waals surface area contributed by atoms with Gasteiger partial charge in [0.1, 0.15) is 0 Å². The van der Waals surface area contributed by atoms with Gasteiger partial charge in [-0.25, -0.2) is 0 Å². The van der Waals surface area contributed by atoms with E-state index in [1.165, 1.54) is 38.5 Å². The number of carbonyl (C=O) groups excluding carboxylic acids is 1. The van der Waals surface area contributed by atoms with Crippen molar-refractivity contribution in [2.45, 2.75) is 65.7 Å². The molecule has 15 heavy (non-hydrogen) atoms. The molecule has 0 N–H and O–H groups in total. The van der Waals surface area contributed by atoms with Gasteiger partial charge in [0.05, 0.1) is 6.61 Å². The Morgan fingerprint density at radius 1 is 1.13 bits per heavy atom. The second-order valence-electron chi connectivity index (χ2n) is 3.87. The average molecular weight is 214 g/mol. The minimum atomic E-state index is -0.00519. The van der Waals surface area contributed by atoms with Crippen molar-refractivity contribution in [3.63, 3.8) is 0 Å². The first-order chi connectivity index (χ1) is 7.33. The van der Waals surface area contributed by atoms with Crippen molar-refractivity contribution in [3.8, 4) is 0 Å². The van der Waals surface area contributed by atoms with Gasteiger partial charge in [-0.05, 0) is 25.7 Å². The van der Waals surface area contributed by atoms with E-state index in [1.807, 2.05) is 20.8 Å². The third-order valence-corrected chi connectivity index (χ3v) is 2.74. The lowest BCUT2D eigenvalue weighted by molar-refractivity contribution is -0.144. The molecule has 0 amide bonds. The summed E-state index contributed by atoms with van der Waals surface area (Å²) in [6, 6.07) is 0. The number of hydrogen-bond donors (Lipinski definition) is 0. The monoisotopic (exact) mass is 214 g/mol. The van der Waals surface area contributed by atoms with Crippen LogP contribution in [0.4, 0.5) is 0 Å². The largest absolute Gasteiger partial charge is 0.466 e. The molecule has 1 saturated carbocycles. The molecule has 0 atom stereocenters. The molecule has 0 aromatic rings. The van der Waals surface area contributed by atoms with E-state index in [2.05, 4.69) is 0 Å². The molecule has 0 radical (unpaired) electrons. The fourth-order valence-electron chi connectivity index (χ4n) is 2.02. The maximum absolute atomic E-state index is 11.2. The number of esters is 1. The first-order valence-electron chi connectivity index (χ1n) is 6.48. The Morgan fingerprint density at radius 3 is 2.13 bits per heavy atom. The lowest BCUT2D eigenvalue weighted by Gasteiger charge is -2.12. The lowest BCUT2D eigenvalue weighted by Crippen LogP contribution is -2.10. The molecule has 1 aliphatic carbocycles. The lowest BCUT2D eigenvalue weighted by atomic mass is 9.97. The van der Waals surface area contributed by atoms with E-state index in [1.54, 1.807) is 0 Å². The topological polar surface area (TPSA) is 26.3 Å². The zero-order chi connectivity index (χ0) is 11.5. The van der Waals surface area contributed by atoms with Gasteiger partial charge in [0.2, 0.25) is 0 Å². The van der Waals surface area contributed by atoms with Gasteiger partial charge in [0.25, 0.3) is 0 Å². The van der Waals surface area contributed by atoms with Gasteiger partial charge in [0.15, 0.2) is 0 Å². The summed E-state index contributed by atoms with van der Waals surface area (Å²) in [5.74, 6) is 0.593. The molecule has 1 fully saturated rings. The molecule has 0 aromatic heterocycles. The summed E-state index contributed by atoms with van der Waals surface area (Å²) in [7, 11) is 0. The number of hydrogen-bond acceptors (Lipinski definition) is 2. The van der Waals surface area contributed by atoms with Crippen LogP contribution in [0.15, 0.2) is 0 Å². The number of rotatable bonds is 3. The normalized spacial score (nSPS) is 17.3. The standard InChI is InChI=1S/C11H20O2.C2H6/c1-2-13-11(12)9-10-7-5-3-4-6-8-10;1-2/h10H,2-9H2,1H3;1-2H3. The second-order valence-corrected chi connectivity index (χ2v) is 3.87. The number of carbonyl (C=O) groups is 1. The van der Waals surface area contributed by atoms with E-state index in [0.717, 1.165) is 0 Å². The molecule has 1 aliphatic rings. The van der Waals surface area contributed by atoms with Gasteiger partial charge in [-0.1, -0.05) is 39.5 Å². The van der Waals surface area contributed by atoms with Gasteiger partial charge in [-0.2, -0.15) is 0 Å². The van der Waals surface area contributed by atoms with Crippen LogP contribution in [0.3, 0.4) is 0 Å². The van der Waals surface area contributed by atoms with E-state index < -0.39 is 0 Å². The minimum absolute atomic E-state index is 0.00519. The van der Waals surface area contributed by atoms with Crippen molar-refractivity contribution < 1.29 is 9.53 Å². The summed E-state index contributed by atoms with van der Waals surface area (Å²) in [5.41, 5.74) is 0. The van der Waals surface area contributed by atoms with Gasteiger partial charge >= 0.3 is 5.97 Å². The quantitative estimate of drug-likeness (QED) is 0.525. The Hall–Kier alpha value is -0.530. The zero-order valence-electron chi connectivity index (χ0n) is 10.6. The molecule has 0 aliphatic heterocycles. The minimum Gasteiger partial charge on any atom is -0.466 e. The fraction of sp³-hybridized carbons (Fsp3) is 0.923. The van der Waals surface area contributed by atoms with E-state index in [-0.39, 0.29) is 5.97 Å². The molecule has 2 heteroatoms. The van der Waals surface area contributed by atoms with Crippen LogP contribution in [-0.4, -0.2) is 12.6 Å². The SMILES string of the molecule is CC.CCOC(=O)CC1CCCCCC1. The predicted octanol–water partition coefficient (Wildman–Crippen LogP) is 3.94. The highest BCUT2D eigenvalue weighted by molar-refractivity contribution is 5.69. The molecule has 0 bridgehead atoms. The van der Waals surface area contributed by atoms with Crippen molar-refractivity contribution in [2.24, 2.45) is 5.92 Å². The van der Waals surface area contributed by atoms with E-state index in [4.69, 9.17) is 4.74 Å². The summed E-state index contributed by atoms with van der Waals surface area (Å²) >= 11 is 0. The summed E-state index contributed by atoms with van der Waals surface area (Å²) < 4.78 is 4.95. The number of ether oxygens (including phenoxy) is 1. The van der Waals surface area contributed by atoms with Crippen molar-refractivity contribution in [2.75, 3.05) is 6.61 Å². The van der Waals surface area contributed by atoms with Crippen molar-refractivity contribution in [1.82, 2.24) is 0 Å². The molecule has 2 nitrogen and oxygen atoms in total. The molecule has 0 aromatic carbocycles. The highest BCUT2D eigenvalue weighted by Gasteiger charge is 2.16. The van der Waals surface area contributed by atoms with Crippen LogP contribution in [-0.2, 0) is 9.53 Å². The van der Waals surface area contributed by atoms with Gasteiger partial charge in [-0.3, -0.25) is 4.79 Å². The molecule has 0 spiro atoms. The van der Waals surface area contributed by atoms with Crippen LogP contribution in [0, 0.1) is 5.92 Å². The van der Waals surface area contributed by atoms with Crippen LogP contribution >= 0.6 is 0 Å². The molecule has 0 unspecified atom stereocenters. The first kappa shape index (κ1) is 14.5. The third-order valence-electron chi connectivity index (χ3n) is 2.74. The molecule has 0 heterocycles. The molecule has 90 valence electrons. The van der Waals surface area contributed by atoms with Crippen LogP contribution < -0.4 is 0 Å². The highest BCUT2D eigenvalue weighted by Crippen LogP contribution is 2.25. The molecular weight excluding hydrogens is 188 g/mol. The van der Waals surface area contributed by atoms with Gasteiger partial charge in [-0.15, -0.1) is 0 Å². The Labute approximate surface area is 94.4 Å². The molecule has 1 rings (SSSR count). The Balaban J connectivity index is 0.000000921. The van der Waals surface area contributed by atoms with Crippen LogP contribution in [0.5, 0.6) is 0 Å². The Bertz CT molecular complexity index is 147. The van der Waals surface area contributed by atoms with Crippen LogP contribution in [0.1, 0.15) is 65.7 Å². The summed E-state index contributed by atoms with van der Waals surface area (Å²) in [6.45, 7) is 6.39. The van der Waals surface area contributed by atoms with Crippen LogP contribution in [0.25, 0.3) is 0 Å². The average Bonchev–Trinajstić information content (AvgIpc) is 2.50. The van der Waals surface area contributed by atoms with Crippen molar-refractivity contribution >= 4 is 5.97 Å². The predicted molar refractivity (Wildman–Crippen MR) is 63.8 cm³/mol. The molecule has 0 saturated heterocycles. The van der Waals surface area contributed by atoms with Gasteiger partial charge in [0, 0.05) is 6.42 Å². The molecular formula is C13H26O2. The smallest absolute Gasteiger partial charge is 0.306 e. The Morgan fingerprint density at radius 2 is 1.67 bits per heavy atom. The Kier molecular flexibility index (Phi) is 9.65. The highest BCUT2D eigenvalue weighted by atomic mass is 16.5. The third kappa shape index (κ3) is 7.40. The van der Waals surface area contributed by atoms with E-state index >= 15 is 0 Å². The summed E-state index contributed by atoms with van der Waals surface area (Å²) in [6.07, 6.45) is 8.37. The summed E-state index contributed by atoms with van der Waals surface area (Å²) in [5, 5.41) is 0. The first-order valence-corrected chi connectivity index (χ1v) is 6.48. The van der Waals surface area contributed by atoms with Crippen LogP contribution in [0.2, 0.25) is 0 Å². The zero-order valence-corrected chi connectivity index (χ0v) is 10.6. The van der Waals surface area contributed by atoms with Crippen molar-refractivity contribution in [3.05, 3.63) is 0 Å².